The van der Waals surface area contributed by atoms with Crippen LogP contribution in [0, 0.1) is 50.8 Å². The Bertz CT molecular complexity index is 664. The van der Waals surface area contributed by atoms with E-state index in [2.05, 4.69) is 0 Å². The maximum Gasteiger partial charge on any atom is 2.00 e. The van der Waals surface area contributed by atoms with Crippen molar-refractivity contribution in [1.82, 2.24) is 0 Å². The third-order valence-electron chi connectivity index (χ3n) is 1.74. The Labute approximate surface area is 272 Å². The van der Waals surface area contributed by atoms with Crippen molar-refractivity contribution in [1.29, 1.82) is 0 Å². The van der Waals surface area contributed by atoms with Crippen LogP contribution in [0.5, 0.6) is 11.5 Å². The number of benzene rings is 1. The molecule has 1 aromatic carbocycles. The van der Waals surface area contributed by atoms with Gasteiger partial charge in [-0.2, -0.15) is 0 Å². The molecule has 19 nitrogen and oxygen atoms in total. The smallest absolute Gasteiger partial charge is 0.863 e. The van der Waals surface area contributed by atoms with Crippen LogP contribution in [0.2, 0.25) is 0 Å². The van der Waals surface area contributed by atoms with Crippen LogP contribution in [0.4, 0.5) is 17.1 Å². The van der Waals surface area contributed by atoms with E-state index in [1.807, 2.05) is 0 Å². The predicted molar refractivity (Wildman–Crippen MR) is 51.1 cm³/mol. The number of rotatable bonds is 3. The summed E-state index contributed by atoms with van der Waals surface area (Å²) in [5, 5.41) is 53.3. The quantitative estimate of drug-likeness (QED) is 0.158. The van der Waals surface area contributed by atoms with Crippen molar-refractivity contribution in [2.24, 2.45) is 0 Å². The second kappa shape index (κ2) is 17.9. The summed E-state index contributed by atoms with van der Waals surface area (Å²) in [5.41, 5.74) is -4.48. The molecule has 0 heterocycles. The largest absolute Gasteiger partial charge is 2.00 e. The first-order valence-electron chi connectivity index (χ1n) is 4.99. The normalized spacial score (nSPS) is 9.60. The summed E-state index contributed by atoms with van der Waals surface area (Å²) in [5.74, 6) is -3.51. The fraction of sp³-hybridized carbons (Fsp3) is 0. The molecule has 30 heavy (non-hydrogen) atoms. The fourth-order valence-corrected chi connectivity index (χ4v) is 1.04. The zero-order valence-electron chi connectivity index (χ0n) is 14.2. The standard InChI is InChI=1S/C6H3N3O8.2ClHO4.2K.Pb/c10-5-2(7(12)13)1-3(8(14)15)6(11)4(5)9(16)17;2*2-1(3,4)5;;;/h1,10-11H;2*(H,2,3,4,5);;;/q;;;2*+1;+2/p-4. The number of nitro groups is 3. The van der Waals surface area contributed by atoms with Gasteiger partial charge in [-0.3, -0.25) is 30.3 Å². The predicted octanol–water partition coefficient (Wildman–Crippen LogP) is -16.3. The second-order valence-corrected chi connectivity index (χ2v) is 4.96. The SMILES string of the molecule is O=[N+]([O-])c1cc([N+](=O)[O-])c([O-])c([N+](=O)[O-])c1[O-].[K+].[K+].[O-][Cl+3]([O-])([O-])[O-].[O-][Cl+3]([O-])([O-])[O-].[Pb+2]. The van der Waals surface area contributed by atoms with Crippen LogP contribution < -0.4 is 150 Å². The molecule has 0 N–H and O–H groups in total. The molecule has 0 spiro atoms. The van der Waals surface area contributed by atoms with E-state index in [-0.39, 0.29) is 136 Å². The van der Waals surface area contributed by atoms with E-state index in [1.54, 1.807) is 0 Å². The van der Waals surface area contributed by atoms with E-state index in [0.717, 1.165) is 0 Å². The van der Waals surface area contributed by atoms with Crippen molar-refractivity contribution in [3.63, 3.8) is 0 Å². The summed E-state index contributed by atoms with van der Waals surface area (Å²) in [6, 6.07) is 0.109. The van der Waals surface area contributed by atoms with E-state index in [9.17, 15) is 40.6 Å². The summed E-state index contributed by atoms with van der Waals surface area (Å²) >= 11 is 0. The van der Waals surface area contributed by atoms with Crippen LogP contribution in [0.3, 0.4) is 0 Å². The summed E-state index contributed by atoms with van der Waals surface area (Å²) in [6.45, 7) is 0. The van der Waals surface area contributed by atoms with Crippen molar-refractivity contribution < 1.29 is 186 Å². The van der Waals surface area contributed by atoms with Gasteiger partial charge in [-0.1, -0.05) is 0 Å². The molecule has 156 valence electrons. The van der Waals surface area contributed by atoms with Gasteiger partial charge in [0.25, 0.3) is 17.1 Å². The minimum Gasteiger partial charge on any atom is -0.863 e. The Balaban J connectivity index is -0.000000136. The van der Waals surface area contributed by atoms with Gasteiger partial charge in [0.2, 0.25) is 0 Å². The van der Waals surface area contributed by atoms with Gasteiger partial charge in [0, 0.05) is 0 Å². The van der Waals surface area contributed by atoms with Crippen molar-refractivity contribution in [3.8, 4) is 11.5 Å². The maximum absolute atomic E-state index is 11.1. The summed E-state index contributed by atoms with van der Waals surface area (Å²) < 4.78 is 67.9. The summed E-state index contributed by atoms with van der Waals surface area (Å²) in [4.78, 5) is 26.9. The summed E-state index contributed by atoms with van der Waals surface area (Å²) in [6.07, 6.45) is 0. The van der Waals surface area contributed by atoms with Gasteiger partial charge in [0.05, 0.1) is 32.3 Å². The second-order valence-electron chi connectivity index (χ2n) is 3.45. The average Bonchev–Trinajstić information content (AvgIpc) is 2.32. The van der Waals surface area contributed by atoms with Gasteiger partial charge in [-0.25, -0.2) is 37.3 Å². The molecule has 0 unspecified atom stereocenters. The third-order valence-corrected chi connectivity index (χ3v) is 1.74. The van der Waals surface area contributed by atoms with Crippen molar-refractivity contribution >= 4 is 44.4 Å². The molecule has 0 saturated heterocycles. The first kappa shape index (κ1) is 41.7. The molecule has 0 amide bonds. The molecule has 1 rings (SSSR count). The molecule has 0 saturated carbocycles. The van der Waals surface area contributed by atoms with E-state index in [1.165, 1.54) is 0 Å². The Morgan fingerprint density at radius 1 is 0.600 bits per heavy atom. The minimum atomic E-state index is -4.94. The number of hydrogen-bond acceptors (Lipinski definition) is 16. The van der Waals surface area contributed by atoms with Crippen LogP contribution in [0.25, 0.3) is 0 Å². The summed E-state index contributed by atoms with van der Waals surface area (Å²) in [7, 11) is -9.89. The Morgan fingerprint density at radius 2 is 0.800 bits per heavy atom. The zero-order chi connectivity index (χ0) is 22.3. The number of halogens is 2. The van der Waals surface area contributed by atoms with Crippen molar-refractivity contribution in [2.75, 3.05) is 0 Å². The van der Waals surface area contributed by atoms with Gasteiger partial charge >= 0.3 is 130 Å². The van der Waals surface area contributed by atoms with E-state index >= 15 is 0 Å². The Morgan fingerprint density at radius 3 is 0.933 bits per heavy atom. The van der Waals surface area contributed by atoms with E-state index < -0.39 is 63.8 Å². The molecular formula is C6HCl2K2N3O16Pb. The molecular weight excluding hydrogens is 726 g/mol. The topological polar surface area (TPSA) is 360 Å². The molecule has 1 aromatic rings. The van der Waals surface area contributed by atoms with Crippen LogP contribution in [0.15, 0.2) is 6.07 Å². The molecule has 0 aliphatic heterocycles. The van der Waals surface area contributed by atoms with Crippen LogP contribution >= 0.6 is 0 Å². The number of nitrogens with zero attached hydrogens (tertiary/aromatic N) is 3. The molecule has 0 fully saturated rings. The Hall–Kier alpha value is 1.47. The zero-order valence-corrected chi connectivity index (χ0v) is 25.9. The molecule has 0 aliphatic carbocycles. The van der Waals surface area contributed by atoms with Crippen LogP contribution in [-0.2, 0) is 0 Å². The van der Waals surface area contributed by atoms with Gasteiger partial charge in [0.1, 0.15) is 0 Å². The monoisotopic (exact) mass is 727 g/mol. The minimum absolute atomic E-state index is 0. The molecule has 0 aromatic heterocycles. The van der Waals surface area contributed by atoms with Crippen LogP contribution in [0.1, 0.15) is 0 Å². The van der Waals surface area contributed by atoms with Crippen LogP contribution in [-0.4, -0.2) is 42.1 Å². The van der Waals surface area contributed by atoms with Gasteiger partial charge in [0.15, 0.2) is 0 Å². The molecule has 0 atom stereocenters. The van der Waals surface area contributed by atoms with Crippen molar-refractivity contribution in [2.45, 2.75) is 0 Å². The molecule has 0 bridgehead atoms. The molecule has 24 heteroatoms. The van der Waals surface area contributed by atoms with Crippen molar-refractivity contribution in [3.05, 3.63) is 36.4 Å². The van der Waals surface area contributed by atoms with Gasteiger partial charge in [-0.05, 0) is 0 Å². The Kier molecular flexibility index (Phi) is 24.9. The van der Waals surface area contributed by atoms with Gasteiger partial charge < -0.3 is 10.2 Å². The van der Waals surface area contributed by atoms with E-state index in [4.69, 9.17) is 37.3 Å². The third kappa shape index (κ3) is 21.3. The average molecular weight is 727 g/mol. The number of hydrogen-bond donors (Lipinski definition) is 0. The molecule has 2 radical (unpaired) electrons. The first-order chi connectivity index (χ1) is 11.8. The first-order valence-corrected chi connectivity index (χ1v) is 7.46. The van der Waals surface area contributed by atoms with E-state index in [0.29, 0.717) is 0 Å². The fourth-order valence-electron chi connectivity index (χ4n) is 1.04. The molecule has 0 aliphatic rings. The number of nitro benzene ring substituents is 3. The van der Waals surface area contributed by atoms with Gasteiger partial charge in [-0.15, -0.1) is 20.5 Å². The maximum atomic E-state index is 11.1.